The molecule has 0 aliphatic carbocycles. The molecule has 0 bridgehead atoms. The Morgan fingerprint density at radius 2 is 1.85 bits per heavy atom. The summed E-state index contributed by atoms with van der Waals surface area (Å²) in [5.74, 6) is -0.281. The van der Waals surface area contributed by atoms with E-state index in [4.69, 9.17) is 11.6 Å². The van der Waals surface area contributed by atoms with Crippen LogP contribution in [-0.2, 0) is 4.79 Å². The van der Waals surface area contributed by atoms with E-state index in [0.717, 1.165) is 49.4 Å². The minimum Gasteiger partial charge on any atom is -0.370 e. The van der Waals surface area contributed by atoms with Gasteiger partial charge < -0.3 is 10.2 Å². The third-order valence-electron chi connectivity index (χ3n) is 4.84. The lowest BCUT2D eigenvalue weighted by Crippen LogP contribution is -2.36. The number of halogens is 2. The molecule has 0 saturated carbocycles. The highest BCUT2D eigenvalue weighted by atomic mass is 35.5. The van der Waals surface area contributed by atoms with E-state index in [1.54, 1.807) is 12.1 Å². The van der Waals surface area contributed by atoms with Crippen LogP contribution in [0.5, 0.6) is 0 Å². The van der Waals surface area contributed by atoms with Crippen molar-refractivity contribution in [2.75, 3.05) is 42.9 Å². The van der Waals surface area contributed by atoms with Crippen molar-refractivity contribution in [3.63, 3.8) is 0 Å². The maximum atomic E-state index is 13.1. The summed E-state index contributed by atoms with van der Waals surface area (Å²) in [7, 11) is 0. The number of rotatable bonds is 4. The molecule has 3 rings (SSSR count). The Kier molecular flexibility index (Phi) is 6.34. The van der Waals surface area contributed by atoms with Gasteiger partial charge in [0.05, 0.1) is 17.3 Å². The normalized spacial score (nSPS) is 15.5. The molecule has 1 fully saturated rings. The lowest BCUT2D eigenvalue weighted by molar-refractivity contribution is -0.117. The predicted molar refractivity (Wildman–Crippen MR) is 109 cm³/mol. The SMILES string of the molecule is Cc1cc(C)c(NC(=O)CN2CCCN(c3ccc(F)cc3)CC2)c(Cl)c1. The van der Waals surface area contributed by atoms with Gasteiger partial charge in [-0.05, 0) is 61.7 Å². The lowest BCUT2D eigenvalue weighted by atomic mass is 10.1. The number of nitrogens with one attached hydrogen (secondary N) is 1. The summed E-state index contributed by atoms with van der Waals surface area (Å²) in [5.41, 5.74) is 3.75. The third kappa shape index (κ3) is 5.21. The van der Waals surface area contributed by atoms with Crippen molar-refractivity contribution in [3.05, 3.63) is 58.4 Å². The number of hydrogen-bond donors (Lipinski definition) is 1. The Balaban J connectivity index is 1.57. The van der Waals surface area contributed by atoms with Gasteiger partial charge in [0.1, 0.15) is 5.82 Å². The van der Waals surface area contributed by atoms with Crippen LogP contribution in [0.2, 0.25) is 5.02 Å². The molecule has 0 aromatic heterocycles. The molecule has 2 aromatic rings. The number of aryl methyl sites for hydroxylation is 2. The number of benzene rings is 2. The Morgan fingerprint density at radius 1 is 1.11 bits per heavy atom. The van der Waals surface area contributed by atoms with Crippen molar-refractivity contribution in [1.29, 1.82) is 0 Å². The molecule has 0 atom stereocenters. The monoisotopic (exact) mass is 389 g/mol. The quantitative estimate of drug-likeness (QED) is 0.849. The minimum absolute atomic E-state index is 0.0564. The summed E-state index contributed by atoms with van der Waals surface area (Å²) >= 11 is 6.28. The molecule has 27 heavy (non-hydrogen) atoms. The summed E-state index contributed by atoms with van der Waals surface area (Å²) in [6, 6.07) is 10.4. The van der Waals surface area contributed by atoms with Crippen LogP contribution in [0.3, 0.4) is 0 Å². The molecule has 1 amide bonds. The van der Waals surface area contributed by atoms with Crippen LogP contribution in [0.15, 0.2) is 36.4 Å². The molecule has 4 nitrogen and oxygen atoms in total. The van der Waals surface area contributed by atoms with Crippen molar-refractivity contribution < 1.29 is 9.18 Å². The number of carbonyl (C=O) groups excluding carboxylic acids is 1. The summed E-state index contributed by atoms with van der Waals surface area (Å²) in [5, 5.41) is 3.52. The fourth-order valence-electron chi connectivity index (χ4n) is 3.50. The molecule has 1 aliphatic heterocycles. The Labute approximate surface area is 164 Å². The molecule has 1 heterocycles. The first kappa shape index (κ1) is 19.6. The maximum Gasteiger partial charge on any atom is 0.238 e. The van der Waals surface area contributed by atoms with Crippen LogP contribution in [-0.4, -0.2) is 43.5 Å². The van der Waals surface area contributed by atoms with Gasteiger partial charge in [-0.3, -0.25) is 9.69 Å². The number of amides is 1. The van der Waals surface area contributed by atoms with Gasteiger partial charge >= 0.3 is 0 Å². The molecule has 1 saturated heterocycles. The van der Waals surface area contributed by atoms with Gasteiger partial charge in [-0.15, -0.1) is 0 Å². The largest absolute Gasteiger partial charge is 0.370 e. The van der Waals surface area contributed by atoms with Crippen molar-refractivity contribution in [1.82, 2.24) is 4.90 Å². The summed E-state index contributed by atoms with van der Waals surface area (Å²) in [6.07, 6.45) is 0.953. The average molecular weight is 390 g/mol. The van der Waals surface area contributed by atoms with Crippen LogP contribution in [0.1, 0.15) is 17.5 Å². The molecule has 0 spiro atoms. The van der Waals surface area contributed by atoms with E-state index in [-0.39, 0.29) is 11.7 Å². The van der Waals surface area contributed by atoms with Crippen molar-refractivity contribution in [3.8, 4) is 0 Å². The number of anilines is 2. The standard InChI is InChI=1S/C21H25ClFN3O/c1-15-12-16(2)21(19(22)13-15)24-20(27)14-25-8-3-9-26(11-10-25)18-6-4-17(23)5-7-18/h4-7,12-13H,3,8-11,14H2,1-2H3,(H,24,27). The average Bonchev–Trinajstić information content (AvgIpc) is 2.84. The van der Waals surface area contributed by atoms with E-state index in [0.29, 0.717) is 17.3 Å². The Hall–Kier alpha value is -2.11. The molecule has 1 aliphatic rings. The Bertz CT molecular complexity index is 787. The van der Waals surface area contributed by atoms with E-state index in [1.807, 2.05) is 26.0 Å². The number of hydrogen-bond acceptors (Lipinski definition) is 3. The van der Waals surface area contributed by atoms with E-state index in [1.165, 1.54) is 12.1 Å². The second kappa shape index (κ2) is 8.72. The molecular formula is C21H25ClFN3O. The summed E-state index contributed by atoms with van der Waals surface area (Å²) in [4.78, 5) is 16.9. The smallest absolute Gasteiger partial charge is 0.238 e. The Morgan fingerprint density at radius 3 is 2.56 bits per heavy atom. The van der Waals surface area contributed by atoms with Crippen molar-refractivity contribution >= 4 is 28.9 Å². The highest BCUT2D eigenvalue weighted by molar-refractivity contribution is 6.34. The van der Waals surface area contributed by atoms with Gasteiger partial charge in [0.15, 0.2) is 0 Å². The molecule has 0 radical (unpaired) electrons. The lowest BCUT2D eigenvalue weighted by Gasteiger charge is -2.23. The van der Waals surface area contributed by atoms with Gasteiger partial charge in [0.2, 0.25) is 5.91 Å². The van der Waals surface area contributed by atoms with E-state index in [2.05, 4.69) is 15.1 Å². The third-order valence-corrected chi connectivity index (χ3v) is 5.14. The van der Waals surface area contributed by atoms with Crippen LogP contribution in [0, 0.1) is 19.7 Å². The highest BCUT2D eigenvalue weighted by Gasteiger charge is 2.18. The second-order valence-electron chi connectivity index (χ2n) is 7.08. The molecular weight excluding hydrogens is 365 g/mol. The van der Waals surface area contributed by atoms with Crippen molar-refractivity contribution in [2.45, 2.75) is 20.3 Å². The van der Waals surface area contributed by atoms with Crippen molar-refractivity contribution in [2.24, 2.45) is 0 Å². The fraction of sp³-hybridized carbons (Fsp3) is 0.381. The molecule has 2 aromatic carbocycles. The predicted octanol–water partition coefficient (Wildman–Crippen LogP) is 4.25. The van der Waals surface area contributed by atoms with Crippen LogP contribution in [0.4, 0.5) is 15.8 Å². The maximum absolute atomic E-state index is 13.1. The van der Waals surface area contributed by atoms with Gasteiger partial charge in [-0.2, -0.15) is 0 Å². The van der Waals surface area contributed by atoms with Gasteiger partial charge in [-0.1, -0.05) is 17.7 Å². The van der Waals surface area contributed by atoms with Crippen LogP contribution >= 0.6 is 11.6 Å². The number of nitrogens with zero attached hydrogens (tertiary/aromatic N) is 2. The minimum atomic E-state index is -0.225. The summed E-state index contributed by atoms with van der Waals surface area (Å²) < 4.78 is 13.1. The number of carbonyl (C=O) groups is 1. The summed E-state index contributed by atoms with van der Waals surface area (Å²) in [6.45, 7) is 7.60. The molecule has 1 N–H and O–H groups in total. The van der Waals surface area contributed by atoms with E-state index in [9.17, 15) is 9.18 Å². The molecule has 144 valence electrons. The van der Waals surface area contributed by atoms with E-state index < -0.39 is 0 Å². The zero-order valence-corrected chi connectivity index (χ0v) is 16.5. The first-order valence-corrected chi connectivity index (χ1v) is 9.59. The van der Waals surface area contributed by atoms with Crippen LogP contribution in [0.25, 0.3) is 0 Å². The molecule has 0 unspecified atom stereocenters. The highest BCUT2D eigenvalue weighted by Crippen LogP contribution is 2.27. The first-order chi connectivity index (χ1) is 12.9. The molecule has 6 heteroatoms. The van der Waals surface area contributed by atoms with E-state index >= 15 is 0 Å². The van der Waals surface area contributed by atoms with Gasteiger partial charge in [0.25, 0.3) is 0 Å². The topological polar surface area (TPSA) is 35.6 Å². The zero-order chi connectivity index (χ0) is 19.4. The van der Waals surface area contributed by atoms with Gasteiger partial charge in [0, 0.05) is 31.9 Å². The second-order valence-corrected chi connectivity index (χ2v) is 7.49. The first-order valence-electron chi connectivity index (χ1n) is 9.22. The van der Waals surface area contributed by atoms with Gasteiger partial charge in [-0.25, -0.2) is 4.39 Å². The fourth-order valence-corrected chi connectivity index (χ4v) is 3.86. The zero-order valence-electron chi connectivity index (χ0n) is 15.8. The van der Waals surface area contributed by atoms with Crippen LogP contribution < -0.4 is 10.2 Å².